The van der Waals surface area contributed by atoms with E-state index in [9.17, 15) is 9.90 Å². The zero-order chi connectivity index (χ0) is 26.1. The van der Waals surface area contributed by atoms with Crippen LogP contribution in [0.4, 0.5) is 10.1 Å². The number of nitrogens with zero attached hydrogens (tertiary/aromatic N) is 2. The van der Waals surface area contributed by atoms with Crippen LogP contribution in [0.2, 0.25) is 5.02 Å². The lowest BCUT2D eigenvalue weighted by Crippen LogP contribution is -2.33. The summed E-state index contributed by atoms with van der Waals surface area (Å²) in [4.78, 5) is 19.5. The van der Waals surface area contributed by atoms with E-state index < -0.39 is 5.82 Å². The number of aromatic hydroxyl groups is 1. The molecule has 37 heavy (non-hydrogen) atoms. The van der Waals surface area contributed by atoms with Crippen molar-refractivity contribution in [1.29, 1.82) is 0 Å². The largest absolute Gasteiger partial charge is 0.503 e. The molecule has 3 aromatic rings. The molecule has 2 fully saturated rings. The molecule has 2 heterocycles. The van der Waals surface area contributed by atoms with Crippen molar-refractivity contribution in [3.8, 4) is 22.6 Å². The number of ketones is 1. The third-order valence-electron chi connectivity index (χ3n) is 7.81. The van der Waals surface area contributed by atoms with Gasteiger partial charge in [-0.05, 0) is 88.2 Å². The van der Waals surface area contributed by atoms with Crippen molar-refractivity contribution in [3.63, 3.8) is 0 Å². The number of phenolic OH excluding ortho intramolecular Hbond substituents is 1. The topological polar surface area (TPSA) is 74.7 Å². The molecule has 2 aromatic carbocycles. The van der Waals surface area contributed by atoms with Gasteiger partial charge in [-0.3, -0.25) is 9.78 Å². The van der Waals surface area contributed by atoms with Crippen LogP contribution in [-0.2, 0) is 0 Å². The van der Waals surface area contributed by atoms with Gasteiger partial charge in [0.05, 0.1) is 28.9 Å². The minimum atomic E-state index is -0.479. The monoisotopic (exact) mass is 525 g/mol. The van der Waals surface area contributed by atoms with Crippen molar-refractivity contribution in [3.05, 3.63) is 46.9 Å². The number of methoxy groups -OCH3 is 1. The standard InChI is InChI=1S/C29H33ClFN3O3/c1-17(35)23-15-32-26-14-25(31)21(19-11-24(30)29(36)27(12-19)37-2)13-22(26)28(23)33-20-7-5-18(6-8-20)16-34-9-3-4-10-34/h11-15,18,20,36H,3-10,16H2,1-2H3,(H,32,33). The van der Waals surface area contributed by atoms with E-state index in [4.69, 9.17) is 16.3 Å². The highest BCUT2D eigenvalue weighted by Gasteiger charge is 2.26. The first-order chi connectivity index (χ1) is 17.8. The van der Waals surface area contributed by atoms with E-state index in [0.29, 0.717) is 33.6 Å². The summed E-state index contributed by atoms with van der Waals surface area (Å²) in [6, 6.07) is 6.35. The van der Waals surface area contributed by atoms with Crippen molar-refractivity contribution in [2.75, 3.05) is 32.1 Å². The number of aromatic nitrogens is 1. The number of hydrogen-bond acceptors (Lipinski definition) is 6. The molecule has 0 unspecified atom stereocenters. The molecular formula is C29H33ClFN3O3. The summed E-state index contributed by atoms with van der Waals surface area (Å²) in [5, 5.41) is 14.5. The van der Waals surface area contributed by atoms with Gasteiger partial charge in [-0.25, -0.2) is 4.39 Å². The summed E-state index contributed by atoms with van der Waals surface area (Å²) in [5.41, 5.74) is 2.39. The van der Waals surface area contributed by atoms with Crippen molar-refractivity contribution < 1.29 is 19.0 Å². The average molecular weight is 526 g/mol. The fourth-order valence-electron chi connectivity index (χ4n) is 5.77. The number of carbonyl (C=O) groups is 1. The average Bonchev–Trinajstić information content (AvgIpc) is 3.39. The van der Waals surface area contributed by atoms with E-state index in [1.807, 2.05) is 0 Å². The van der Waals surface area contributed by atoms with Crippen LogP contribution in [0.5, 0.6) is 11.5 Å². The molecule has 1 aliphatic carbocycles. The molecule has 0 radical (unpaired) electrons. The molecule has 5 rings (SSSR count). The fraction of sp³-hybridized carbons (Fsp3) is 0.448. The zero-order valence-corrected chi connectivity index (χ0v) is 22.1. The maximum Gasteiger partial charge on any atom is 0.176 e. The van der Waals surface area contributed by atoms with Crippen LogP contribution >= 0.6 is 11.6 Å². The Hall–Kier alpha value is -2.90. The predicted molar refractivity (Wildman–Crippen MR) is 145 cm³/mol. The van der Waals surface area contributed by atoms with Gasteiger partial charge < -0.3 is 20.1 Å². The van der Waals surface area contributed by atoms with Crippen LogP contribution in [0.25, 0.3) is 22.0 Å². The van der Waals surface area contributed by atoms with E-state index in [0.717, 1.165) is 25.7 Å². The van der Waals surface area contributed by atoms with Crippen LogP contribution < -0.4 is 10.1 Å². The first-order valence-corrected chi connectivity index (χ1v) is 13.4. The van der Waals surface area contributed by atoms with Gasteiger partial charge in [0.2, 0.25) is 0 Å². The number of Topliss-reactive ketones (excluding diaryl/α,β-unsaturated/α-hetero) is 1. The first-order valence-electron chi connectivity index (χ1n) is 13.0. The van der Waals surface area contributed by atoms with Crippen LogP contribution in [0.3, 0.4) is 0 Å². The molecule has 1 aromatic heterocycles. The Morgan fingerprint density at radius 1 is 1.19 bits per heavy atom. The summed E-state index contributed by atoms with van der Waals surface area (Å²) in [6.45, 7) is 5.15. The number of rotatable bonds is 7. The molecule has 0 amide bonds. The Morgan fingerprint density at radius 2 is 1.92 bits per heavy atom. The lowest BCUT2D eigenvalue weighted by Gasteiger charge is -2.32. The third kappa shape index (κ3) is 5.39. The smallest absolute Gasteiger partial charge is 0.176 e. The maximum absolute atomic E-state index is 15.3. The van der Waals surface area contributed by atoms with Gasteiger partial charge in [0.25, 0.3) is 0 Å². The van der Waals surface area contributed by atoms with E-state index >= 15 is 4.39 Å². The number of pyridine rings is 1. The number of likely N-dealkylation sites (tertiary alicyclic amines) is 1. The number of fused-ring (bicyclic) bond motifs is 1. The van der Waals surface area contributed by atoms with Crippen LogP contribution in [0.1, 0.15) is 55.8 Å². The molecule has 8 heteroatoms. The van der Waals surface area contributed by atoms with Gasteiger partial charge in [0.1, 0.15) is 5.82 Å². The lowest BCUT2D eigenvalue weighted by molar-refractivity contribution is 0.101. The highest BCUT2D eigenvalue weighted by molar-refractivity contribution is 6.32. The molecule has 1 saturated heterocycles. The van der Waals surface area contributed by atoms with E-state index in [1.165, 1.54) is 64.8 Å². The van der Waals surface area contributed by atoms with Crippen LogP contribution in [0, 0.1) is 11.7 Å². The van der Waals surface area contributed by atoms with Crippen molar-refractivity contribution >= 4 is 34.0 Å². The quantitative estimate of drug-likeness (QED) is 0.335. The predicted octanol–water partition coefficient (Wildman–Crippen LogP) is 6.68. The Balaban J connectivity index is 1.47. The molecular weight excluding hydrogens is 493 g/mol. The van der Waals surface area contributed by atoms with Gasteiger partial charge >= 0.3 is 0 Å². The van der Waals surface area contributed by atoms with Gasteiger partial charge in [-0.2, -0.15) is 0 Å². The molecule has 0 atom stereocenters. The van der Waals surface area contributed by atoms with Crippen LogP contribution in [0.15, 0.2) is 30.5 Å². The molecule has 2 aliphatic rings. The van der Waals surface area contributed by atoms with Gasteiger partial charge in [-0.1, -0.05) is 11.6 Å². The summed E-state index contributed by atoms with van der Waals surface area (Å²) >= 11 is 6.19. The number of carbonyl (C=O) groups excluding carboxylic acids is 1. The molecule has 196 valence electrons. The molecule has 0 bridgehead atoms. The second-order valence-corrected chi connectivity index (χ2v) is 10.7. The SMILES string of the molecule is COc1cc(-c2cc3c(NC4CCC(CN5CCCC5)CC4)c(C(C)=O)cnc3cc2F)cc(Cl)c1O. The summed E-state index contributed by atoms with van der Waals surface area (Å²) in [6.07, 6.45) is 8.51. The van der Waals surface area contributed by atoms with Gasteiger partial charge in [0.15, 0.2) is 17.3 Å². The number of phenols is 1. The lowest BCUT2D eigenvalue weighted by atomic mass is 9.85. The summed E-state index contributed by atoms with van der Waals surface area (Å²) in [7, 11) is 1.41. The molecule has 1 saturated carbocycles. The number of halogens is 2. The fourth-order valence-corrected chi connectivity index (χ4v) is 5.98. The normalized spacial score (nSPS) is 20.3. The Labute approximate surface area is 221 Å². The first kappa shape index (κ1) is 25.7. The number of ether oxygens (including phenoxy) is 1. The van der Waals surface area contributed by atoms with Gasteiger partial charge in [-0.15, -0.1) is 0 Å². The Kier molecular flexibility index (Phi) is 7.54. The van der Waals surface area contributed by atoms with Crippen molar-refractivity contribution in [2.45, 2.75) is 51.5 Å². The van der Waals surface area contributed by atoms with E-state index in [-0.39, 0.29) is 33.9 Å². The highest BCUT2D eigenvalue weighted by Crippen LogP contribution is 2.41. The van der Waals surface area contributed by atoms with Crippen LogP contribution in [-0.4, -0.2) is 53.6 Å². The highest BCUT2D eigenvalue weighted by atomic mass is 35.5. The zero-order valence-electron chi connectivity index (χ0n) is 21.3. The van der Waals surface area contributed by atoms with Gasteiger partial charge in [0, 0.05) is 35.8 Å². The minimum Gasteiger partial charge on any atom is -0.503 e. The second-order valence-electron chi connectivity index (χ2n) is 10.3. The molecule has 6 nitrogen and oxygen atoms in total. The molecule has 2 N–H and O–H groups in total. The van der Waals surface area contributed by atoms with E-state index in [2.05, 4.69) is 15.2 Å². The van der Waals surface area contributed by atoms with Crippen molar-refractivity contribution in [1.82, 2.24) is 9.88 Å². The van der Waals surface area contributed by atoms with Crippen molar-refractivity contribution in [2.24, 2.45) is 5.92 Å². The number of hydrogen-bond donors (Lipinski definition) is 2. The number of benzene rings is 2. The number of nitrogens with one attached hydrogen (secondary N) is 1. The Morgan fingerprint density at radius 3 is 2.59 bits per heavy atom. The Bertz CT molecular complexity index is 1320. The van der Waals surface area contributed by atoms with E-state index in [1.54, 1.807) is 12.1 Å². The third-order valence-corrected chi connectivity index (χ3v) is 8.09. The summed E-state index contributed by atoms with van der Waals surface area (Å²) in [5.74, 6) is 0.0964. The minimum absolute atomic E-state index is 0.0634. The number of anilines is 1. The molecule has 0 spiro atoms. The maximum atomic E-state index is 15.3. The summed E-state index contributed by atoms with van der Waals surface area (Å²) < 4.78 is 20.5. The second kappa shape index (κ2) is 10.8. The molecule has 1 aliphatic heterocycles.